The average molecular weight is 534 g/mol. The van der Waals surface area contributed by atoms with Gasteiger partial charge in [0, 0.05) is 37.2 Å². The van der Waals surface area contributed by atoms with E-state index in [1.807, 2.05) is 13.0 Å². The van der Waals surface area contributed by atoms with Crippen LogP contribution in [0.25, 0.3) is 0 Å². The van der Waals surface area contributed by atoms with E-state index in [1.165, 1.54) is 14.2 Å². The first-order valence-electron chi connectivity index (χ1n) is 12.5. The smallest absolute Gasteiger partial charge is 0.342 e. The van der Waals surface area contributed by atoms with Gasteiger partial charge in [-0.2, -0.15) is 0 Å². The summed E-state index contributed by atoms with van der Waals surface area (Å²) in [6.45, 7) is 7.79. The molecule has 0 spiro atoms. The number of benzene rings is 1. The number of hydrogen-bond acceptors (Lipinski definition) is 11. The van der Waals surface area contributed by atoms with Gasteiger partial charge in [-0.1, -0.05) is 11.6 Å². The van der Waals surface area contributed by atoms with Crippen LogP contribution < -0.4 is 9.47 Å². The standard InChI is InChI=1S/C27H35NO10/c1-17(6-8-21(29)36-14-11-28-9-12-35-13-10-28)5-7-19-25(34-4)18(2)20-16-37-27(32)24(20)26(19)38-23(31)15-22(30)33-3/h5H,6-16H2,1-4H3/b17-5+. The van der Waals surface area contributed by atoms with Crippen molar-refractivity contribution in [3.8, 4) is 11.5 Å². The predicted molar refractivity (Wildman–Crippen MR) is 134 cm³/mol. The quantitative estimate of drug-likeness (QED) is 0.129. The number of fused-ring (bicyclic) bond motifs is 1. The minimum absolute atomic E-state index is 0.00502. The number of carbonyl (C=O) groups excluding carboxylic acids is 4. The van der Waals surface area contributed by atoms with E-state index in [0.29, 0.717) is 55.2 Å². The molecule has 0 bridgehead atoms. The highest BCUT2D eigenvalue weighted by Crippen LogP contribution is 2.43. The summed E-state index contributed by atoms with van der Waals surface area (Å²) in [6.07, 6.45) is 2.21. The summed E-state index contributed by atoms with van der Waals surface area (Å²) in [4.78, 5) is 50.9. The van der Waals surface area contributed by atoms with Gasteiger partial charge in [-0.15, -0.1) is 0 Å². The van der Waals surface area contributed by atoms with Crippen LogP contribution >= 0.6 is 0 Å². The third kappa shape index (κ3) is 7.55. The van der Waals surface area contributed by atoms with Gasteiger partial charge in [-0.25, -0.2) is 4.79 Å². The zero-order chi connectivity index (χ0) is 27.7. The fraction of sp³-hybridized carbons (Fsp3) is 0.556. The Balaban J connectivity index is 1.69. The molecule has 1 saturated heterocycles. The highest BCUT2D eigenvalue weighted by atomic mass is 16.6. The third-order valence-electron chi connectivity index (χ3n) is 6.51. The molecular formula is C27H35NO10. The molecule has 0 atom stereocenters. The Morgan fingerprint density at radius 2 is 1.76 bits per heavy atom. The summed E-state index contributed by atoms with van der Waals surface area (Å²) in [5.74, 6) is -2.07. The SMILES string of the molecule is COC(=O)CC(=O)Oc1c(C/C=C(\C)CCC(=O)OCCN2CCOCC2)c(OC)c(C)c2c1C(=O)OC2. The van der Waals surface area contributed by atoms with Gasteiger partial charge in [-0.3, -0.25) is 19.3 Å². The highest BCUT2D eigenvalue weighted by Gasteiger charge is 2.34. The molecule has 1 aromatic carbocycles. The molecule has 0 amide bonds. The number of rotatable bonds is 12. The van der Waals surface area contributed by atoms with Crippen LogP contribution in [0.3, 0.4) is 0 Å². The molecule has 2 heterocycles. The molecular weight excluding hydrogens is 498 g/mol. The van der Waals surface area contributed by atoms with Gasteiger partial charge in [0.1, 0.15) is 30.9 Å². The summed E-state index contributed by atoms with van der Waals surface area (Å²) in [5, 5.41) is 0. The van der Waals surface area contributed by atoms with E-state index in [2.05, 4.69) is 9.64 Å². The molecule has 0 saturated carbocycles. The van der Waals surface area contributed by atoms with E-state index < -0.39 is 24.3 Å². The minimum atomic E-state index is -0.869. The summed E-state index contributed by atoms with van der Waals surface area (Å²) in [7, 11) is 2.65. The molecule has 2 aliphatic rings. The zero-order valence-corrected chi connectivity index (χ0v) is 22.4. The Bertz CT molecular complexity index is 1090. The van der Waals surface area contributed by atoms with Crippen LogP contribution in [0.1, 0.15) is 53.2 Å². The fourth-order valence-electron chi connectivity index (χ4n) is 4.33. The van der Waals surface area contributed by atoms with E-state index in [-0.39, 0.29) is 36.7 Å². The lowest BCUT2D eigenvalue weighted by molar-refractivity contribution is -0.148. The lowest BCUT2D eigenvalue weighted by atomic mass is 9.94. The van der Waals surface area contributed by atoms with Gasteiger partial charge in [0.25, 0.3) is 0 Å². The van der Waals surface area contributed by atoms with Gasteiger partial charge in [0.2, 0.25) is 0 Å². The topological polar surface area (TPSA) is 127 Å². The van der Waals surface area contributed by atoms with E-state index in [1.54, 1.807) is 6.92 Å². The van der Waals surface area contributed by atoms with Crippen LogP contribution in [-0.4, -0.2) is 82.5 Å². The summed E-state index contributed by atoms with van der Waals surface area (Å²) in [5.41, 5.74) is 2.78. The molecule has 2 aliphatic heterocycles. The molecule has 208 valence electrons. The molecule has 3 rings (SSSR count). The van der Waals surface area contributed by atoms with Gasteiger partial charge < -0.3 is 28.4 Å². The van der Waals surface area contributed by atoms with Crippen molar-refractivity contribution in [3.05, 3.63) is 33.9 Å². The van der Waals surface area contributed by atoms with Crippen molar-refractivity contribution in [2.45, 2.75) is 46.1 Å². The van der Waals surface area contributed by atoms with Crippen LogP contribution in [-0.2, 0) is 46.4 Å². The summed E-state index contributed by atoms with van der Waals surface area (Å²) in [6, 6.07) is 0. The van der Waals surface area contributed by atoms with E-state index in [4.69, 9.17) is 23.7 Å². The monoisotopic (exact) mass is 533 g/mol. The number of nitrogens with zero attached hydrogens (tertiary/aromatic N) is 1. The Hall–Kier alpha value is -3.44. The Labute approximate surface area is 221 Å². The van der Waals surface area contributed by atoms with Crippen LogP contribution in [0, 0.1) is 6.92 Å². The minimum Gasteiger partial charge on any atom is -0.496 e. The van der Waals surface area contributed by atoms with Crippen LogP contribution in [0.5, 0.6) is 11.5 Å². The molecule has 1 fully saturated rings. The first-order chi connectivity index (χ1) is 18.2. The first kappa shape index (κ1) is 29.1. The Kier molecular flexibility index (Phi) is 10.7. The lowest BCUT2D eigenvalue weighted by Gasteiger charge is -2.26. The second kappa shape index (κ2) is 13.9. The number of cyclic esters (lactones) is 1. The number of hydrogen-bond donors (Lipinski definition) is 0. The normalized spacial score (nSPS) is 15.5. The number of methoxy groups -OCH3 is 2. The van der Waals surface area contributed by atoms with Crippen molar-refractivity contribution in [2.24, 2.45) is 0 Å². The van der Waals surface area contributed by atoms with Crippen molar-refractivity contribution in [2.75, 3.05) is 53.7 Å². The van der Waals surface area contributed by atoms with Crippen molar-refractivity contribution < 1.29 is 47.6 Å². The van der Waals surface area contributed by atoms with Crippen LogP contribution in [0.2, 0.25) is 0 Å². The zero-order valence-electron chi connectivity index (χ0n) is 22.4. The summed E-state index contributed by atoms with van der Waals surface area (Å²) >= 11 is 0. The third-order valence-corrected chi connectivity index (χ3v) is 6.51. The van der Waals surface area contributed by atoms with Crippen LogP contribution in [0.15, 0.2) is 11.6 Å². The lowest BCUT2D eigenvalue weighted by Crippen LogP contribution is -2.38. The summed E-state index contributed by atoms with van der Waals surface area (Å²) < 4.78 is 31.5. The molecule has 11 nitrogen and oxygen atoms in total. The number of carbonyl (C=O) groups is 4. The van der Waals surface area contributed by atoms with Crippen molar-refractivity contribution in [1.29, 1.82) is 0 Å². The molecule has 1 aromatic rings. The molecule has 0 aromatic heterocycles. The van der Waals surface area contributed by atoms with Crippen LogP contribution in [0.4, 0.5) is 0 Å². The number of ether oxygens (including phenoxy) is 6. The molecule has 0 radical (unpaired) electrons. The number of allylic oxidation sites excluding steroid dienone is 2. The van der Waals surface area contributed by atoms with Crippen molar-refractivity contribution >= 4 is 23.9 Å². The molecule has 38 heavy (non-hydrogen) atoms. The Morgan fingerprint density at radius 1 is 1.03 bits per heavy atom. The van der Waals surface area contributed by atoms with Crippen molar-refractivity contribution in [1.82, 2.24) is 4.90 Å². The predicted octanol–water partition coefficient (Wildman–Crippen LogP) is 2.29. The van der Waals surface area contributed by atoms with Gasteiger partial charge in [-0.05, 0) is 32.3 Å². The second-order valence-corrected chi connectivity index (χ2v) is 9.05. The average Bonchev–Trinajstić information content (AvgIpc) is 3.30. The first-order valence-corrected chi connectivity index (χ1v) is 12.5. The maximum absolute atomic E-state index is 12.5. The van der Waals surface area contributed by atoms with Gasteiger partial charge in [0.15, 0.2) is 5.75 Å². The van der Waals surface area contributed by atoms with E-state index in [0.717, 1.165) is 18.7 Å². The Morgan fingerprint density at radius 3 is 2.45 bits per heavy atom. The molecule has 0 unspecified atom stereocenters. The number of esters is 4. The molecule has 0 aliphatic carbocycles. The second-order valence-electron chi connectivity index (χ2n) is 9.05. The van der Waals surface area contributed by atoms with E-state index in [9.17, 15) is 19.2 Å². The maximum Gasteiger partial charge on any atom is 0.342 e. The van der Waals surface area contributed by atoms with Crippen molar-refractivity contribution in [3.63, 3.8) is 0 Å². The largest absolute Gasteiger partial charge is 0.496 e. The van der Waals surface area contributed by atoms with Gasteiger partial charge in [0.05, 0.1) is 27.4 Å². The molecule has 0 N–H and O–H groups in total. The number of morpholine rings is 1. The van der Waals surface area contributed by atoms with Gasteiger partial charge >= 0.3 is 23.9 Å². The molecule has 11 heteroatoms. The van der Waals surface area contributed by atoms with E-state index >= 15 is 0 Å². The fourth-order valence-corrected chi connectivity index (χ4v) is 4.33. The highest BCUT2D eigenvalue weighted by molar-refractivity contribution is 6.00. The maximum atomic E-state index is 12.5.